The molecule has 0 aliphatic heterocycles. The Morgan fingerprint density at radius 2 is 1.76 bits per heavy atom. The van der Waals surface area contributed by atoms with Gasteiger partial charge in [-0.25, -0.2) is 0 Å². The van der Waals surface area contributed by atoms with E-state index in [9.17, 15) is 0 Å². The van der Waals surface area contributed by atoms with E-state index in [4.69, 9.17) is 9.47 Å². The number of nitrogens with one attached hydrogen (secondary N) is 1. The highest BCUT2D eigenvalue weighted by Crippen LogP contribution is 2.25. The lowest BCUT2D eigenvalue weighted by Crippen LogP contribution is -2.13. The topological polar surface area (TPSA) is 56.3 Å². The molecule has 0 bridgehead atoms. The van der Waals surface area contributed by atoms with Crippen LogP contribution in [0, 0.1) is 5.92 Å². The van der Waals surface area contributed by atoms with Crippen LogP contribution in [0.3, 0.4) is 0 Å². The van der Waals surface area contributed by atoms with E-state index in [1.165, 1.54) is 25.7 Å². The molecule has 1 aliphatic rings. The molecule has 0 atom stereocenters. The largest absolute Gasteiger partial charge is 0.481 e. The second kappa shape index (κ2) is 5.70. The number of anilines is 1. The lowest BCUT2D eigenvalue weighted by molar-refractivity contribution is 0.372. The maximum Gasteiger partial charge on any atom is 0.229 e. The minimum atomic E-state index is 0.519. The van der Waals surface area contributed by atoms with Crippen LogP contribution in [-0.2, 0) is 0 Å². The van der Waals surface area contributed by atoms with Gasteiger partial charge in [-0.05, 0) is 18.8 Å². The van der Waals surface area contributed by atoms with Crippen LogP contribution in [0.2, 0.25) is 0 Å². The fraction of sp³-hybridized carbons (Fsp3) is 0.667. The highest BCUT2D eigenvalue weighted by molar-refractivity contribution is 5.33. The van der Waals surface area contributed by atoms with Gasteiger partial charge in [0.1, 0.15) is 0 Å². The fourth-order valence-electron chi connectivity index (χ4n) is 2.14. The van der Waals surface area contributed by atoms with E-state index in [2.05, 4.69) is 15.3 Å². The highest BCUT2D eigenvalue weighted by atomic mass is 16.5. The molecule has 1 aliphatic carbocycles. The van der Waals surface area contributed by atoms with E-state index in [-0.39, 0.29) is 0 Å². The molecule has 0 amide bonds. The number of nitrogens with zero attached hydrogens (tertiary/aromatic N) is 2. The molecule has 1 fully saturated rings. The molecule has 0 saturated heterocycles. The van der Waals surface area contributed by atoms with Crippen molar-refractivity contribution in [1.82, 2.24) is 9.97 Å². The number of rotatable bonds is 5. The maximum absolute atomic E-state index is 5.10. The van der Waals surface area contributed by atoms with Gasteiger partial charge in [0, 0.05) is 6.54 Å². The molecule has 5 heteroatoms. The van der Waals surface area contributed by atoms with Gasteiger partial charge in [-0.2, -0.15) is 9.97 Å². The first-order chi connectivity index (χ1) is 8.31. The van der Waals surface area contributed by atoms with Gasteiger partial charge in [-0.15, -0.1) is 0 Å². The number of ether oxygens (including phenoxy) is 2. The number of methoxy groups -OCH3 is 2. The summed E-state index contributed by atoms with van der Waals surface area (Å²) in [6, 6.07) is 1.67. The van der Waals surface area contributed by atoms with Crippen molar-refractivity contribution in [2.75, 3.05) is 26.1 Å². The summed E-state index contributed by atoms with van der Waals surface area (Å²) in [4.78, 5) is 8.47. The Kier molecular flexibility index (Phi) is 4.01. The Bertz CT molecular complexity index is 343. The van der Waals surface area contributed by atoms with Gasteiger partial charge in [0.2, 0.25) is 17.7 Å². The molecule has 0 spiro atoms. The van der Waals surface area contributed by atoms with Crippen molar-refractivity contribution in [3.05, 3.63) is 6.07 Å². The zero-order chi connectivity index (χ0) is 12.1. The third kappa shape index (κ3) is 3.22. The van der Waals surface area contributed by atoms with Crippen molar-refractivity contribution >= 4 is 5.95 Å². The van der Waals surface area contributed by atoms with E-state index in [0.29, 0.717) is 17.7 Å². The van der Waals surface area contributed by atoms with Crippen molar-refractivity contribution in [1.29, 1.82) is 0 Å². The fourth-order valence-corrected chi connectivity index (χ4v) is 2.14. The Labute approximate surface area is 102 Å². The predicted octanol–water partition coefficient (Wildman–Crippen LogP) is 2.10. The number of hydrogen-bond donors (Lipinski definition) is 1. The first-order valence-corrected chi connectivity index (χ1v) is 6.02. The lowest BCUT2D eigenvalue weighted by atomic mass is 10.1. The number of aromatic nitrogens is 2. The molecule has 94 valence electrons. The van der Waals surface area contributed by atoms with Crippen molar-refractivity contribution in [3.8, 4) is 11.8 Å². The summed E-state index contributed by atoms with van der Waals surface area (Å²) in [6.07, 6.45) is 5.28. The zero-order valence-corrected chi connectivity index (χ0v) is 10.4. The van der Waals surface area contributed by atoms with E-state index in [0.717, 1.165) is 12.5 Å². The Morgan fingerprint density at radius 1 is 1.18 bits per heavy atom. The van der Waals surface area contributed by atoms with Gasteiger partial charge in [-0.1, -0.05) is 12.8 Å². The summed E-state index contributed by atoms with van der Waals surface area (Å²) in [5.74, 6) is 2.36. The molecule has 1 N–H and O–H groups in total. The van der Waals surface area contributed by atoms with Crippen LogP contribution >= 0.6 is 0 Å². The van der Waals surface area contributed by atoms with Crippen molar-refractivity contribution in [3.63, 3.8) is 0 Å². The summed E-state index contributed by atoms with van der Waals surface area (Å²) < 4.78 is 10.2. The molecule has 0 unspecified atom stereocenters. The van der Waals surface area contributed by atoms with Gasteiger partial charge < -0.3 is 14.8 Å². The van der Waals surface area contributed by atoms with Crippen LogP contribution in [0.4, 0.5) is 5.95 Å². The van der Waals surface area contributed by atoms with Crippen LogP contribution < -0.4 is 14.8 Å². The van der Waals surface area contributed by atoms with Crippen LogP contribution in [0.5, 0.6) is 11.8 Å². The molecular formula is C12H19N3O2. The van der Waals surface area contributed by atoms with Gasteiger partial charge in [0.15, 0.2) is 0 Å². The lowest BCUT2D eigenvalue weighted by Gasteiger charge is -2.11. The quantitative estimate of drug-likeness (QED) is 0.849. The van der Waals surface area contributed by atoms with E-state index in [1.54, 1.807) is 20.3 Å². The van der Waals surface area contributed by atoms with E-state index < -0.39 is 0 Å². The zero-order valence-electron chi connectivity index (χ0n) is 10.4. The molecular weight excluding hydrogens is 218 g/mol. The monoisotopic (exact) mass is 237 g/mol. The maximum atomic E-state index is 5.10. The summed E-state index contributed by atoms with van der Waals surface area (Å²) in [6.45, 7) is 0.927. The van der Waals surface area contributed by atoms with Gasteiger partial charge in [0.25, 0.3) is 0 Å². The third-order valence-corrected chi connectivity index (χ3v) is 3.12. The molecule has 5 nitrogen and oxygen atoms in total. The molecule has 17 heavy (non-hydrogen) atoms. The van der Waals surface area contributed by atoms with Crippen LogP contribution in [0.25, 0.3) is 0 Å². The van der Waals surface area contributed by atoms with Crippen molar-refractivity contribution in [2.24, 2.45) is 5.92 Å². The molecule has 0 aromatic carbocycles. The molecule has 1 saturated carbocycles. The minimum absolute atomic E-state index is 0.519. The second-order valence-corrected chi connectivity index (χ2v) is 4.31. The predicted molar refractivity (Wildman–Crippen MR) is 65.6 cm³/mol. The summed E-state index contributed by atoms with van der Waals surface area (Å²) in [7, 11) is 3.17. The van der Waals surface area contributed by atoms with Crippen molar-refractivity contribution in [2.45, 2.75) is 25.7 Å². The Hall–Kier alpha value is -1.52. The molecule has 2 rings (SSSR count). The first kappa shape index (κ1) is 12.0. The first-order valence-electron chi connectivity index (χ1n) is 6.02. The standard InChI is InChI=1S/C12H19N3O2/c1-16-10-7-11(17-2)15-12(14-10)13-8-9-5-3-4-6-9/h7,9H,3-6,8H2,1-2H3,(H,13,14,15). The SMILES string of the molecule is COc1cc(OC)nc(NCC2CCCC2)n1. The van der Waals surface area contributed by atoms with Gasteiger partial charge in [0.05, 0.1) is 20.3 Å². The molecule has 0 radical (unpaired) electrons. The average molecular weight is 237 g/mol. The smallest absolute Gasteiger partial charge is 0.229 e. The summed E-state index contributed by atoms with van der Waals surface area (Å²) in [5, 5.41) is 3.25. The Balaban J connectivity index is 1.98. The summed E-state index contributed by atoms with van der Waals surface area (Å²) in [5.41, 5.74) is 0. The van der Waals surface area contributed by atoms with E-state index >= 15 is 0 Å². The van der Waals surface area contributed by atoms with Gasteiger partial charge >= 0.3 is 0 Å². The van der Waals surface area contributed by atoms with Crippen molar-refractivity contribution < 1.29 is 9.47 Å². The summed E-state index contributed by atoms with van der Waals surface area (Å²) >= 11 is 0. The Morgan fingerprint density at radius 3 is 2.29 bits per heavy atom. The molecule has 1 aromatic heterocycles. The normalized spacial score (nSPS) is 15.9. The molecule has 1 heterocycles. The average Bonchev–Trinajstić information content (AvgIpc) is 2.89. The number of hydrogen-bond acceptors (Lipinski definition) is 5. The third-order valence-electron chi connectivity index (χ3n) is 3.12. The van der Waals surface area contributed by atoms with Crippen LogP contribution in [-0.4, -0.2) is 30.7 Å². The van der Waals surface area contributed by atoms with Crippen LogP contribution in [0.1, 0.15) is 25.7 Å². The highest BCUT2D eigenvalue weighted by Gasteiger charge is 2.15. The van der Waals surface area contributed by atoms with E-state index in [1.807, 2.05) is 0 Å². The second-order valence-electron chi connectivity index (χ2n) is 4.31. The van der Waals surface area contributed by atoms with Gasteiger partial charge in [-0.3, -0.25) is 0 Å². The van der Waals surface area contributed by atoms with Crippen LogP contribution in [0.15, 0.2) is 6.07 Å². The molecule has 1 aromatic rings. The minimum Gasteiger partial charge on any atom is -0.481 e.